The summed E-state index contributed by atoms with van der Waals surface area (Å²) in [6, 6.07) is 6.40. The van der Waals surface area contributed by atoms with Crippen LogP contribution in [0.1, 0.15) is 86.3 Å². The lowest BCUT2D eigenvalue weighted by Crippen LogP contribution is -2.57. The molecule has 14 heteroatoms. The number of nitrogens with two attached hydrogens (primary N) is 1. The fourth-order valence-corrected chi connectivity index (χ4v) is 10.5. The maximum atomic E-state index is 14.3. The predicted molar refractivity (Wildman–Crippen MR) is 235 cm³/mol. The highest BCUT2D eigenvalue weighted by atomic mass is 16.6. The Bertz CT molecular complexity index is 2470. The highest BCUT2D eigenvalue weighted by Crippen LogP contribution is 2.59. The minimum atomic E-state index is -1.27. The molecule has 1 aromatic heterocycles. The molecule has 5 aliphatic rings. The molecule has 0 fully saturated rings. The van der Waals surface area contributed by atoms with Crippen molar-refractivity contribution in [3.63, 3.8) is 0 Å². The highest BCUT2D eigenvalue weighted by Gasteiger charge is 2.54. The maximum absolute atomic E-state index is 14.3. The summed E-state index contributed by atoms with van der Waals surface area (Å²) in [5.41, 5.74) is 10.7. The van der Waals surface area contributed by atoms with Gasteiger partial charge in [-0.2, -0.15) is 0 Å². The summed E-state index contributed by atoms with van der Waals surface area (Å²) in [5, 5.41) is 58.7. The van der Waals surface area contributed by atoms with Gasteiger partial charge < -0.3 is 56.0 Å². The number of ether oxygens (including phenoxy) is 2. The van der Waals surface area contributed by atoms with Crippen molar-refractivity contribution in [2.24, 2.45) is 17.6 Å². The van der Waals surface area contributed by atoms with E-state index in [0.29, 0.717) is 67.7 Å². The Morgan fingerprint density at radius 2 is 2.02 bits per heavy atom. The molecule has 10 N–H and O–H groups in total. The summed E-state index contributed by atoms with van der Waals surface area (Å²) < 4.78 is 20.6. The van der Waals surface area contributed by atoms with Crippen LogP contribution >= 0.6 is 0 Å². The molecule has 1 aliphatic carbocycles. The van der Waals surface area contributed by atoms with E-state index in [1.165, 1.54) is 0 Å². The number of benzene rings is 2. The van der Waals surface area contributed by atoms with Gasteiger partial charge in [0, 0.05) is 59.7 Å². The number of aromatic hydroxyl groups is 2. The molecule has 330 valence electrons. The molecule has 4 aliphatic heterocycles. The minimum Gasteiger partial charge on any atom is -0.508 e. The van der Waals surface area contributed by atoms with Crippen LogP contribution in [-0.4, -0.2) is 77.6 Å². The first-order valence-corrected chi connectivity index (χ1v) is 21.8. The lowest BCUT2D eigenvalue weighted by Gasteiger charge is -2.50. The molecule has 0 saturated carbocycles. The van der Waals surface area contributed by atoms with E-state index >= 15 is 0 Å². The summed E-state index contributed by atoms with van der Waals surface area (Å²) in [4.78, 5) is 28.5. The number of nitrogens with one attached hydrogen (secondary N) is 4. The summed E-state index contributed by atoms with van der Waals surface area (Å²) in [7, 11) is 1.82. The van der Waals surface area contributed by atoms with Gasteiger partial charge in [-0.15, -0.1) is 0 Å². The average Bonchev–Trinajstić information content (AvgIpc) is 3.31. The molecule has 8 rings (SSSR count). The van der Waals surface area contributed by atoms with Crippen LogP contribution in [0.25, 0.3) is 11.0 Å². The zero-order chi connectivity index (χ0) is 43.9. The Balaban J connectivity index is 1.46. The number of phenolic OH excluding ortho intramolecular Hbond substituents is 2. The largest absolute Gasteiger partial charge is 0.508 e. The van der Waals surface area contributed by atoms with E-state index in [2.05, 4.69) is 39.5 Å². The minimum absolute atomic E-state index is 0.00544. The van der Waals surface area contributed by atoms with Crippen LogP contribution in [0.15, 0.2) is 92.1 Å². The van der Waals surface area contributed by atoms with Gasteiger partial charge in [-0.1, -0.05) is 31.2 Å². The monoisotopic (exact) mass is 849 g/mol. The van der Waals surface area contributed by atoms with E-state index in [0.717, 1.165) is 34.9 Å². The number of esters is 1. The van der Waals surface area contributed by atoms with E-state index in [1.807, 2.05) is 33.2 Å². The second kappa shape index (κ2) is 17.7. The van der Waals surface area contributed by atoms with Gasteiger partial charge >= 0.3 is 5.97 Å². The molecule has 7 atom stereocenters. The van der Waals surface area contributed by atoms with E-state index in [1.54, 1.807) is 25.1 Å². The van der Waals surface area contributed by atoms with Gasteiger partial charge in [-0.05, 0) is 118 Å². The number of dihydropyridines is 2. The summed E-state index contributed by atoms with van der Waals surface area (Å²) in [5.74, 6) is -2.24. The second-order valence-corrected chi connectivity index (χ2v) is 17.2. The van der Waals surface area contributed by atoms with Crippen LogP contribution < -0.4 is 37.2 Å². The molecular weight excluding hydrogens is 791 g/mol. The number of aryl methyl sites for hydroxylation is 1. The first kappa shape index (κ1) is 43.1. The quantitative estimate of drug-likeness (QED) is 0.0967. The fraction of sp³-hybridized carbons (Fsp3) is 0.458. The van der Waals surface area contributed by atoms with E-state index in [-0.39, 0.29) is 70.6 Å². The number of carbonyl (C=O) groups excluding carboxylic acids is 1. The van der Waals surface area contributed by atoms with Crippen molar-refractivity contribution < 1.29 is 39.1 Å². The Morgan fingerprint density at radius 3 is 2.73 bits per heavy atom. The van der Waals surface area contributed by atoms with E-state index in [4.69, 9.17) is 19.6 Å². The molecule has 3 aromatic rings. The molecule has 4 bridgehead atoms. The number of phenols is 2. The first-order valence-electron chi connectivity index (χ1n) is 21.8. The van der Waals surface area contributed by atoms with Crippen LogP contribution in [0.3, 0.4) is 0 Å². The third-order valence-corrected chi connectivity index (χ3v) is 13.7. The van der Waals surface area contributed by atoms with Gasteiger partial charge in [0.1, 0.15) is 58.1 Å². The SMILES string of the molecule is CC=C(CCNC)C(=O)OC1Cc2c3c(c4oc(CO)cc(=O)c4c2O)C2C4=CCNC(N)=C4C(CCc4ccc(O)cc4C2CO)CC(CC2=CNC(NCC)C=C2)C1(C)O3. The average molecular weight is 850 g/mol. The topological polar surface area (TPSA) is 221 Å². The van der Waals surface area contributed by atoms with Gasteiger partial charge in [0.2, 0.25) is 0 Å². The third-order valence-electron chi connectivity index (χ3n) is 13.7. The lowest BCUT2D eigenvalue weighted by atomic mass is 9.65. The van der Waals surface area contributed by atoms with Crippen LogP contribution in [0.5, 0.6) is 17.2 Å². The second-order valence-electron chi connectivity index (χ2n) is 17.2. The summed E-state index contributed by atoms with van der Waals surface area (Å²) in [6.07, 6.45) is 11.7. The van der Waals surface area contributed by atoms with Gasteiger partial charge in [0.15, 0.2) is 5.43 Å². The molecule has 0 amide bonds. The third kappa shape index (κ3) is 7.67. The Hall–Kier alpha value is -5.54. The van der Waals surface area contributed by atoms with Crippen LogP contribution in [0, 0.1) is 11.8 Å². The number of hydrogen-bond acceptors (Lipinski definition) is 14. The normalized spacial score (nSPS) is 26.7. The lowest BCUT2D eigenvalue weighted by molar-refractivity contribution is -0.165. The smallest absolute Gasteiger partial charge is 0.334 e. The van der Waals surface area contributed by atoms with Gasteiger partial charge in [0.05, 0.1) is 12.8 Å². The first-order chi connectivity index (χ1) is 29.9. The van der Waals surface area contributed by atoms with Crippen molar-refractivity contribution in [3.05, 3.63) is 121 Å². The van der Waals surface area contributed by atoms with Crippen molar-refractivity contribution in [1.82, 2.24) is 21.3 Å². The molecule has 0 spiro atoms. The fourth-order valence-electron chi connectivity index (χ4n) is 10.5. The summed E-state index contributed by atoms with van der Waals surface area (Å²) in [6.45, 7) is 6.55. The van der Waals surface area contributed by atoms with Crippen LogP contribution in [0.4, 0.5) is 0 Å². The zero-order valence-electron chi connectivity index (χ0n) is 35.8. The van der Waals surface area contributed by atoms with Crippen molar-refractivity contribution in [2.45, 2.75) is 95.6 Å². The zero-order valence-corrected chi connectivity index (χ0v) is 35.8. The van der Waals surface area contributed by atoms with Crippen LogP contribution in [-0.2, 0) is 29.0 Å². The van der Waals surface area contributed by atoms with Crippen molar-refractivity contribution in [3.8, 4) is 17.2 Å². The number of aliphatic hydroxyl groups is 2. The molecular formula is C48H59N5O9. The molecule has 7 unspecified atom stereocenters. The van der Waals surface area contributed by atoms with E-state index in [9.17, 15) is 30.0 Å². The Morgan fingerprint density at radius 1 is 1.19 bits per heavy atom. The molecule has 0 saturated heterocycles. The number of carbonyl (C=O) groups is 1. The highest BCUT2D eigenvalue weighted by molar-refractivity contribution is 5.92. The number of likely N-dealkylation sites (N-methyl/N-ethyl adjacent to an activating group) is 1. The predicted octanol–water partition coefficient (Wildman–Crippen LogP) is 4.37. The molecule has 62 heavy (non-hydrogen) atoms. The van der Waals surface area contributed by atoms with Gasteiger partial charge in [-0.25, -0.2) is 4.79 Å². The van der Waals surface area contributed by atoms with Gasteiger partial charge in [0.25, 0.3) is 0 Å². The molecule has 14 nitrogen and oxygen atoms in total. The van der Waals surface area contributed by atoms with Gasteiger partial charge in [-0.3, -0.25) is 10.1 Å². The van der Waals surface area contributed by atoms with Crippen molar-refractivity contribution >= 4 is 16.9 Å². The Labute approximate surface area is 361 Å². The van der Waals surface area contributed by atoms with Crippen molar-refractivity contribution in [1.29, 1.82) is 0 Å². The number of aliphatic hydroxyl groups excluding tert-OH is 2. The molecule has 0 radical (unpaired) electrons. The number of hydrogen-bond donors (Lipinski definition) is 9. The molecule has 2 aromatic carbocycles. The van der Waals surface area contributed by atoms with E-state index < -0.39 is 41.5 Å². The van der Waals surface area contributed by atoms with Crippen LogP contribution in [0.2, 0.25) is 0 Å². The van der Waals surface area contributed by atoms with Crippen molar-refractivity contribution in [2.75, 3.05) is 33.3 Å². The maximum Gasteiger partial charge on any atom is 0.334 e. The summed E-state index contributed by atoms with van der Waals surface area (Å²) >= 11 is 0. The standard InChI is InChI=1S/C48H59N5O9/c1-5-26(13-15-50-4)47(59)61-37-21-34-43(58)41-36(57)20-31(23-54)60-45(41)42-40-32-14-16-52-46(49)39(32)28(9-8-27-10-11-30(56)19-33(27)35(40)24-55)18-29(48(37,3)62-44(34)42)17-25-7-12-38(51-6-2)53-22-25/h5,7,10-12,14,19-20,22,28-29,35,37-38,40,50-56,58H,6,8-9,13,15-18,21,23-24,49H2,1-4H3. The number of fused-ring (bicyclic) bond motifs is 5. The molecule has 5 heterocycles. The Kier molecular flexibility index (Phi) is 12.3. The number of allylic oxidation sites excluding steroid dienone is 5. The number of rotatable bonds is 11.